The summed E-state index contributed by atoms with van der Waals surface area (Å²) in [6.07, 6.45) is 3.61. The molecule has 1 aliphatic rings. The maximum absolute atomic E-state index is 5.73. The van der Waals surface area contributed by atoms with E-state index >= 15 is 0 Å². The van der Waals surface area contributed by atoms with Gasteiger partial charge in [0, 0.05) is 30.1 Å². The first kappa shape index (κ1) is 19.9. The first-order chi connectivity index (χ1) is 14.1. The number of aromatic nitrogens is 4. The van der Waals surface area contributed by atoms with Gasteiger partial charge >= 0.3 is 0 Å². The normalized spacial score (nSPS) is 19.4. The Morgan fingerprint density at radius 3 is 2.45 bits per heavy atom. The summed E-state index contributed by atoms with van der Waals surface area (Å²) in [6.45, 7) is 11.7. The number of quaternary nitrogens is 2. The van der Waals surface area contributed by atoms with Crippen LogP contribution in [-0.4, -0.2) is 45.5 Å². The van der Waals surface area contributed by atoms with Crippen LogP contribution in [0.5, 0.6) is 0 Å². The second-order valence-corrected chi connectivity index (χ2v) is 8.27. The second-order valence-electron chi connectivity index (χ2n) is 7.91. The van der Waals surface area contributed by atoms with Crippen LogP contribution in [0.1, 0.15) is 18.1 Å². The van der Waals surface area contributed by atoms with Crippen molar-refractivity contribution in [3.05, 3.63) is 64.7 Å². The van der Waals surface area contributed by atoms with Crippen LogP contribution in [0.3, 0.4) is 0 Å². The summed E-state index contributed by atoms with van der Waals surface area (Å²) >= 11 is 5.73. The lowest BCUT2D eigenvalue weighted by Gasteiger charge is -2.29. The highest BCUT2D eigenvalue weighted by atomic mass is 32.1. The molecule has 7 heteroatoms. The molecule has 0 spiro atoms. The average Bonchev–Trinajstić information content (AvgIpc) is 3.05. The standard InChI is InChI=1S/C22H28N6S/c1-3-27-21(20-7-9-23-10-8-20)24-28(22(27)29)17-26-13-11-25(12-14-26)16-19-6-4-5-18(2)15-19/h4-10,15H,3,11-14,16-17H2,1-2H3/p+2. The lowest BCUT2D eigenvalue weighted by atomic mass is 10.1. The molecule has 6 nitrogen and oxygen atoms in total. The summed E-state index contributed by atoms with van der Waals surface area (Å²) in [5.41, 5.74) is 3.85. The molecule has 0 radical (unpaired) electrons. The number of piperazine rings is 1. The Bertz CT molecular complexity index is 1000. The number of nitrogens with one attached hydrogen (secondary N) is 2. The minimum absolute atomic E-state index is 0.807. The summed E-state index contributed by atoms with van der Waals surface area (Å²) in [4.78, 5) is 7.33. The van der Waals surface area contributed by atoms with Crippen LogP contribution < -0.4 is 9.80 Å². The van der Waals surface area contributed by atoms with Gasteiger partial charge in [-0.2, -0.15) is 4.68 Å². The monoisotopic (exact) mass is 410 g/mol. The van der Waals surface area contributed by atoms with Crippen LogP contribution in [0.25, 0.3) is 11.4 Å². The van der Waals surface area contributed by atoms with E-state index < -0.39 is 0 Å². The van der Waals surface area contributed by atoms with Crippen molar-refractivity contribution in [3.8, 4) is 11.4 Å². The SMILES string of the molecule is CCn1c(-c2ccncc2)nn(C[NH+]2CC[NH+](Cc3cccc(C)c3)CC2)c1=S. The third-order valence-electron chi connectivity index (χ3n) is 5.75. The first-order valence-corrected chi connectivity index (χ1v) is 10.9. The fraction of sp³-hybridized carbons (Fsp3) is 0.409. The van der Waals surface area contributed by atoms with Gasteiger partial charge in [-0.3, -0.25) is 4.98 Å². The van der Waals surface area contributed by atoms with Crippen LogP contribution >= 0.6 is 12.2 Å². The number of hydrogen-bond acceptors (Lipinski definition) is 3. The van der Waals surface area contributed by atoms with E-state index in [2.05, 4.69) is 47.7 Å². The van der Waals surface area contributed by atoms with Gasteiger partial charge in [0.05, 0.1) is 0 Å². The quantitative estimate of drug-likeness (QED) is 0.590. The lowest BCUT2D eigenvalue weighted by Crippen LogP contribution is -3.27. The predicted molar refractivity (Wildman–Crippen MR) is 116 cm³/mol. The van der Waals surface area contributed by atoms with Gasteiger partial charge in [-0.15, -0.1) is 5.10 Å². The fourth-order valence-electron chi connectivity index (χ4n) is 4.16. The molecule has 1 aromatic carbocycles. The number of rotatable bonds is 6. The van der Waals surface area contributed by atoms with Crippen LogP contribution in [0.4, 0.5) is 0 Å². The maximum Gasteiger partial charge on any atom is 0.203 e. The number of aryl methyl sites for hydroxylation is 1. The van der Waals surface area contributed by atoms with Gasteiger partial charge in [0.2, 0.25) is 4.77 Å². The molecule has 1 saturated heterocycles. The molecule has 0 bridgehead atoms. The van der Waals surface area contributed by atoms with Crippen molar-refractivity contribution in [1.29, 1.82) is 0 Å². The largest absolute Gasteiger partial charge is 0.322 e. The fourth-order valence-corrected chi connectivity index (χ4v) is 4.48. The Balaban J connectivity index is 1.41. The first-order valence-electron chi connectivity index (χ1n) is 10.4. The third-order valence-corrected chi connectivity index (χ3v) is 6.18. The summed E-state index contributed by atoms with van der Waals surface area (Å²) in [5, 5.41) is 4.86. The van der Waals surface area contributed by atoms with E-state index in [0.29, 0.717) is 0 Å². The molecule has 0 unspecified atom stereocenters. The van der Waals surface area contributed by atoms with Gasteiger partial charge < -0.3 is 14.4 Å². The van der Waals surface area contributed by atoms with Crippen molar-refractivity contribution in [1.82, 2.24) is 19.3 Å². The number of pyridine rings is 1. The van der Waals surface area contributed by atoms with Crippen molar-refractivity contribution in [2.45, 2.75) is 33.6 Å². The molecule has 0 amide bonds. The topological polar surface area (TPSA) is 44.5 Å². The Hall–Kier alpha value is -2.35. The van der Waals surface area contributed by atoms with E-state index in [-0.39, 0.29) is 0 Å². The Morgan fingerprint density at radius 2 is 1.76 bits per heavy atom. The molecule has 29 heavy (non-hydrogen) atoms. The molecule has 1 aliphatic heterocycles. The molecule has 0 atom stereocenters. The molecule has 1 fully saturated rings. The van der Waals surface area contributed by atoms with E-state index in [1.165, 1.54) is 24.2 Å². The van der Waals surface area contributed by atoms with Crippen molar-refractivity contribution < 1.29 is 9.80 Å². The molecule has 152 valence electrons. The molecule has 2 aromatic heterocycles. The molecule has 3 heterocycles. The van der Waals surface area contributed by atoms with Gasteiger partial charge in [-0.25, -0.2) is 0 Å². The molecule has 2 N–H and O–H groups in total. The summed E-state index contributed by atoms with van der Waals surface area (Å²) in [7, 11) is 0. The number of benzene rings is 1. The van der Waals surface area contributed by atoms with Gasteiger partial charge in [-0.1, -0.05) is 29.8 Å². The highest BCUT2D eigenvalue weighted by Gasteiger charge is 2.24. The Morgan fingerprint density at radius 1 is 1.03 bits per heavy atom. The predicted octanol–water partition coefficient (Wildman–Crippen LogP) is 0.746. The average molecular weight is 411 g/mol. The van der Waals surface area contributed by atoms with Gasteiger partial charge in [0.1, 0.15) is 32.7 Å². The molecule has 4 rings (SSSR count). The van der Waals surface area contributed by atoms with Gasteiger partial charge in [0.25, 0.3) is 0 Å². The van der Waals surface area contributed by atoms with Crippen molar-refractivity contribution in [3.63, 3.8) is 0 Å². The van der Waals surface area contributed by atoms with E-state index in [1.54, 1.807) is 22.2 Å². The summed E-state index contributed by atoms with van der Waals surface area (Å²) in [6, 6.07) is 12.9. The van der Waals surface area contributed by atoms with Crippen LogP contribution in [0.2, 0.25) is 0 Å². The zero-order valence-electron chi connectivity index (χ0n) is 17.3. The van der Waals surface area contributed by atoms with Crippen molar-refractivity contribution in [2.75, 3.05) is 26.2 Å². The van der Waals surface area contributed by atoms with Crippen LogP contribution in [0, 0.1) is 11.7 Å². The summed E-state index contributed by atoms with van der Waals surface area (Å²) in [5.74, 6) is 0.933. The van der Waals surface area contributed by atoms with Gasteiger partial charge in [0.15, 0.2) is 12.5 Å². The molecular formula is C22H30N6S+2. The third kappa shape index (κ3) is 4.63. The highest BCUT2D eigenvalue weighted by molar-refractivity contribution is 7.71. The highest BCUT2D eigenvalue weighted by Crippen LogP contribution is 2.16. The lowest BCUT2D eigenvalue weighted by molar-refractivity contribution is -1.03. The van der Waals surface area contributed by atoms with E-state index in [9.17, 15) is 0 Å². The molecular weight excluding hydrogens is 380 g/mol. The Kier molecular flexibility index (Phi) is 6.18. The number of hydrogen-bond donors (Lipinski definition) is 2. The van der Waals surface area contributed by atoms with Crippen LogP contribution in [0.15, 0.2) is 48.8 Å². The van der Waals surface area contributed by atoms with E-state index in [1.807, 2.05) is 16.8 Å². The Labute approximate surface area is 177 Å². The molecule has 3 aromatic rings. The van der Waals surface area contributed by atoms with E-state index in [4.69, 9.17) is 17.3 Å². The number of nitrogens with zero attached hydrogens (tertiary/aromatic N) is 4. The maximum atomic E-state index is 5.73. The zero-order chi connectivity index (χ0) is 20.2. The molecule has 0 saturated carbocycles. The minimum atomic E-state index is 0.807. The van der Waals surface area contributed by atoms with E-state index in [0.717, 1.165) is 49.0 Å². The smallest absolute Gasteiger partial charge is 0.203 e. The van der Waals surface area contributed by atoms with Crippen LogP contribution in [-0.2, 0) is 19.8 Å². The molecule has 0 aliphatic carbocycles. The minimum Gasteiger partial charge on any atom is -0.322 e. The second kappa shape index (κ2) is 8.98. The summed E-state index contributed by atoms with van der Waals surface area (Å²) < 4.78 is 4.93. The van der Waals surface area contributed by atoms with Gasteiger partial charge in [-0.05, 0) is 38.2 Å². The zero-order valence-corrected chi connectivity index (χ0v) is 18.1. The van der Waals surface area contributed by atoms with Crippen molar-refractivity contribution >= 4 is 12.2 Å². The van der Waals surface area contributed by atoms with Crippen molar-refractivity contribution in [2.24, 2.45) is 0 Å².